The summed E-state index contributed by atoms with van der Waals surface area (Å²) in [6, 6.07) is 0. The van der Waals surface area contributed by atoms with Crippen LogP contribution in [0.3, 0.4) is 0 Å². The zero-order chi connectivity index (χ0) is 39.1. The minimum Gasteiger partial charge on any atom is -0.462 e. The van der Waals surface area contributed by atoms with Crippen LogP contribution in [-0.4, -0.2) is 65.7 Å². The van der Waals surface area contributed by atoms with Crippen molar-refractivity contribution >= 4 is 19.8 Å². The molecular formula is C42H77O10P. The zero-order valence-electron chi connectivity index (χ0n) is 33.5. The average Bonchev–Trinajstić information content (AvgIpc) is 3.14. The Bertz CT molecular complexity index is 983. The number of rotatable bonds is 39. The molecule has 0 heterocycles. The number of phosphoric ester groups is 1. The fraction of sp³-hybridized carbons (Fsp3) is 0.810. The van der Waals surface area contributed by atoms with Gasteiger partial charge in [0, 0.05) is 12.8 Å². The van der Waals surface area contributed by atoms with E-state index in [4.69, 9.17) is 19.1 Å². The maximum absolute atomic E-state index is 12.6. The van der Waals surface area contributed by atoms with Crippen LogP contribution in [0.5, 0.6) is 0 Å². The molecule has 0 aliphatic heterocycles. The van der Waals surface area contributed by atoms with Gasteiger partial charge in [-0.25, -0.2) is 4.57 Å². The molecule has 0 radical (unpaired) electrons. The molecule has 0 saturated heterocycles. The molecule has 3 atom stereocenters. The average molecular weight is 773 g/mol. The standard InChI is InChI=1S/C42H77O10P/c1-3-5-7-9-11-13-15-17-19-21-23-25-27-29-31-33-41(45)49-37-40(38-51-53(47,48)50-36-39(44)35-43)52-42(46)34-32-30-28-26-24-22-20-18-16-14-12-10-8-6-4-2/h17,19,22-25,39-40,43-44H,3-16,18,20-21,26-38H2,1-2H3,(H,47,48)/b19-17+,24-22+,25-23+/t39-,40+/m0/s1. The highest BCUT2D eigenvalue weighted by Gasteiger charge is 2.27. The summed E-state index contributed by atoms with van der Waals surface area (Å²) in [6.45, 7) is 2.31. The lowest BCUT2D eigenvalue weighted by atomic mass is 10.1. The van der Waals surface area contributed by atoms with Gasteiger partial charge in [0.1, 0.15) is 12.7 Å². The Kier molecular flexibility index (Phi) is 37.2. The van der Waals surface area contributed by atoms with Gasteiger partial charge in [-0.1, -0.05) is 134 Å². The summed E-state index contributed by atoms with van der Waals surface area (Å²) in [4.78, 5) is 34.9. The van der Waals surface area contributed by atoms with Crippen molar-refractivity contribution in [3.63, 3.8) is 0 Å². The fourth-order valence-electron chi connectivity index (χ4n) is 5.49. The molecule has 10 nitrogen and oxygen atoms in total. The van der Waals surface area contributed by atoms with E-state index >= 15 is 0 Å². The second-order valence-electron chi connectivity index (χ2n) is 14.0. The summed E-state index contributed by atoms with van der Waals surface area (Å²) < 4.78 is 32.6. The third kappa shape index (κ3) is 38.3. The van der Waals surface area contributed by atoms with E-state index in [1.807, 2.05) is 0 Å². The van der Waals surface area contributed by atoms with Crippen molar-refractivity contribution in [3.05, 3.63) is 36.5 Å². The van der Waals surface area contributed by atoms with Crippen molar-refractivity contribution in [1.82, 2.24) is 0 Å². The summed E-state index contributed by atoms with van der Waals surface area (Å²) in [5, 5.41) is 18.3. The summed E-state index contributed by atoms with van der Waals surface area (Å²) in [7, 11) is -4.62. The van der Waals surface area contributed by atoms with Crippen LogP contribution in [-0.2, 0) is 32.7 Å². The third-order valence-electron chi connectivity index (χ3n) is 8.77. The van der Waals surface area contributed by atoms with Gasteiger partial charge in [0.2, 0.25) is 0 Å². The van der Waals surface area contributed by atoms with Crippen molar-refractivity contribution in [2.45, 2.75) is 193 Å². The van der Waals surface area contributed by atoms with Gasteiger partial charge >= 0.3 is 19.8 Å². The molecule has 310 valence electrons. The van der Waals surface area contributed by atoms with E-state index in [0.29, 0.717) is 12.8 Å². The Morgan fingerprint density at radius 3 is 1.51 bits per heavy atom. The molecule has 0 aromatic rings. The van der Waals surface area contributed by atoms with E-state index in [9.17, 15) is 24.2 Å². The van der Waals surface area contributed by atoms with Gasteiger partial charge in [-0.15, -0.1) is 0 Å². The number of hydrogen-bond donors (Lipinski definition) is 3. The Labute approximate surface area is 322 Å². The summed E-state index contributed by atoms with van der Waals surface area (Å²) in [6.07, 6.45) is 38.3. The third-order valence-corrected chi connectivity index (χ3v) is 9.72. The van der Waals surface area contributed by atoms with E-state index in [2.05, 4.69) is 54.8 Å². The molecular weight excluding hydrogens is 695 g/mol. The van der Waals surface area contributed by atoms with Crippen molar-refractivity contribution in [2.24, 2.45) is 0 Å². The summed E-state index contributed by atoms with van der Waals surface area (Å²) in [5.41, 5.74) is 0. The molecule has 0 rings (SSSR count). The smallest absolute Gasteiger partial charge is 0.462 e. The number of unbranched alkanes of at least 4 members (excludes halogenated alkanes) is 19. The van der Waals surface area contributed by atoms with E-state index in [0.717, 1.165) is 51.4 Å². The van der Waals surface area contributed by atoms with E-state index < -0.39 is 51.8 Å². The molecule has 0 aromatic carbocycles. The highest BCUT2D eigenvalue weighted by Crippen LogP contribution is 2.43. The molecule has 0 aromatic heterocycles. The lowest BCUT2D eigenvalue weighted by molar-refractivity contribution is -0.161. The first kappa shape index (κ1) is 51.2. The monoisotopic (exact) mass is 773 g/mol. The van der Waals surface area contributed by atoms with Gasteiger partial charge in [-0.2, -0.15) is 0 Å². The molecule has 0 fully saturated rings. The van der Waals surface area contributed by atoms with Gasteiger partial charge in [0.05, 0.1) is 19.8 Å². The largest absolute Gasteiger partial charge is 0.472 e. The molecule has 0 spiro atoms. The molecule has 0 aliphatic rings. The predicted octanol–water partition coefficient (Wildman–Crippen LogP) is 10.8. The fourth-order valence-corrected chi connectivity index (χ4v) is 6.28. The number of esters is 2. The highest BCUT2D eigenvalue weighted by molar-refractivity contribution is 7.47. The number of allylic oxidation sites excluding steroid dienone is 6. The van der Waals surface area contributed by atoms with Crippen molar-refractivity contribution in [3.8, 4) is 0 Å². The van der Waals surface area contributed by atoms with Crippen molar-refractivity contribution in [1.29, 1.82) is 0 Å². The van der Waals surface area contributed by atoms with Crippen LogP contribution in [0.1, 0.15) is 181 Å². The van der Waals surface area contributed by atoms with Gasteiger partial charge in [-0.05, 0) is 70.6 Å². The number of phosphoric acid groups is 1. The minimum absolute atomic E-state index is 0.158. The molecule has 1 unspecified atom stereocenters. The summed E-state index contributed by atoms with van der Waals surface area (Å²) in [5.74, 6) is -0.981. The van der Waals surface area contributed by atoms with Crippen LogP contribution < -0.4 is 0 Å². The SMILES string of the molecule is CCCCCCCC/C=C/C/C=C/CCCCC(=O)OC[C@H](COP(=O)(O)OC[C@@H](O)CO)OC(=O)CCCCC/C=C/CCCCCCCCCC. The number of carbonyl (C=O) groups is 2. The normalized spacial score (nSPS) is 14.3. The maximum Gasteiger partial charge on any atom is 0.472 e. The van der Waals surface area contributed by atoms with Crippen LogP contribution in [0.4, 0.5) is 0 Å². The number of ether oxygens (including phenoxy) is 2. The Morgan fingerprint density at radius 2 is 0.981 bits per heavy atom. The molecule has 3 N–H and O–H groups in total. The lowest BCUT2D eigenvalue weighted by Gasteiger charge is -2.20. The first-order valence-electron chi connectivity index (χ1n) is 20.9. The Hall–Kier alpha value is -1.81. The van der Waals surface area contributed by atoms with E-state index in [1.54, 1.807) is 0 Å². The van der Waals surface area contributed by atoms with Crippen LogP contribution in [0.15, 0.2) is 36.5 Å². The van der Waals surface area contributed by atoms with Crippen molar-refractivity contribution in [2.75, 3.05) is 26.4 Å². The van der Waals surface area contributed by atoms with Crippen LogP contribution in [0.2, 0.25) is 0 Å². The Balaban J connectivity index is 4.40. The summed E-state index contributed by atoms with van der Waals surface area (Å²) >= 11 is 0. The topological polar surface area (TPSA) is 149 Å². The second kappa shape index (κ2) is 38.5. The molecule has 0 saturated carbocycles. The first-order valence-corrected chi connectivity index (χ1v) is 22.4. The molecule has 11 heteroatoms. The lowest BCUT2D eigenvalue weighted by Crippen LogP contribution is -2.29. The van der Waals surface area contributed by atoms with Crippen LogP contribution in [0.25, 0.3) is 0 Å². The van der Waals surface area contributed by atoms with Crippen molar-refractivity contribution < 1.29 is 47.8 Å². The highest BCUT2D eigenvalue weighted by atomic mass is 31.2. The Morgan fingerprint density at radius 1 is 0.566 bits per heavy atom. The van der Waals surface area contributed by atoms with E-state index in [1.165, 1.54) is 89.9 Å². The molecule has 53 heavy (non-hydrogen) atoms. The zero-order valence-corrected chi connectivity index (χ0v) is 34.4. The number of carbonyl (C=O) groups excluding carboxylic acids is 2. The molecule has 0 aliphatic carbocycles. The molecule has 0 bridgehead atoms. The van der Waals surface area contributed by atoms with Crippen LogP contribution in [0, 0.1) is 0 Å². The van der Waals surface area contributed by atoms with Gasteiger partial charge < -0.3 is 24.6 Å². The van der Waals surface area contributed by atoms with Crippen LogP contribution >= 0.6 is 7.82 Å². The van der Waals surface area contributed by atoms with Gasteiger partial charge in [-0.3, -0.25) is 18.6 Å². The number of aliphatic hydroxyl groups is 2. The molecule has 0 amide bonds. The maximum atomic E-state index is 12.6. The van der Waals surface area contributed by atoms with Gasteiger partial charge in [0.15, 0.2) is 6.10 Å². The second-order valence-corrected chi connectivity index (χ2v) is 15.5. The van der Waals surface area contributed by atoms with Gasteiger partial charge in [0.25, 0.3) is 0 Å². The quantitative estimate of drug-likeness (QED) is 0.0238. The first-order chi connectivity index (χ1) is 25.7. The number of hydrogen-bond acceptors (Lipinski definition) is 9. The van der Waals surface area contributed by atoms with E-state index in [-0.39, 0.29) is 19.4 Å². The number of aliphatic hydroxyl groups excluding tert-OH is 2. The minimum atomic E-state index is -4.62. The predicted molar refractivity (Wildman–Crippen MR) is 214 cm³/mol.